The molecule has 3 heteroatoms. The second-order valence-electron chi connectivity index (χ2n) is 13.4. The number of rotatable bonds is 6. The minimum Gasteiger partial charge on any atom is -0.463 e. The van der Waals surface area contributed by atoms with Crippen LogP contribution in [0.5, 0.6) is 0 Å². The molecule has 3 unspecified atom stereocenters. The Morgan fingerprint density at radius 3 is 2.31 bits per heavy atom. The van der Waals surface area contributed by atoms with Gasteiger partial charge in [-0.2, -0.15) is 0 Å². The quantitative estimate of drug-likeness (QED) is 0.449. The molecule has 0 aromatic carbocycles. The number of esters is 1. The molecule has 4 saturated carbocycles. The van der Waals surface area contributed by atoms with Crippen molar-refractivity contribution in [1.82, 2.24) is 0 Å². The van der Waals surface area contributed by atoms with Gasteiger partial charge in [-0.1, -0.05) is 53.9 Å². The average Bonchev–Trinajstić information content (AvgIpc) is 3.06. The van der Waals surface area contributed by atoms with Crippen molar-refractivity contribution in [2.45, 2.75) is 124 Å². The van der Waals surface area contributed by atoms with Crippen LogP contribution in [0.1, 0.15) is 112 Å². The third-order valence-corrected chi connectivity index (χ3v) is 11.2. The summed E-state index contributed by atoms with van der Waals surface area (Å²) >= 11 is 0. The molecule has 3 nitrogen and oxygen atoms in total. The molecule has 10 atom stereocenters. The van der Waals surface area contributed by atoms with Crippen molar-refractivity contribution in [3.05, 3.63) is 0 Å². The fraction of sp³-hybridized carbons (Fsp3) is 0.966. The van der Waals surface area contributed by atoms with E-state index in [0.29, 0.717) is 16.7 Å². The van der Waals surface area contributed by atoms with Crippen molar-refractivity contribution in [2.75, 3.05) is 0 Å². The monoisotopic (exact) mass is 445 g/mol. The third kappa shape index (κ3) is 4.29. The summed E-state index contributed by atoms with van der Waals surface area (Å²) < 4.78 is 5.65. The molecule has 0 radical (unpaired) electrons. The summed E-state index contributed by atoms with van der Waals surface area (Å²) in [5, 5.41) is 0. The first-order valence-corrected chi connectivity index (χ1v) is 14.0. The van der Waals surface area contributed by atoms with Crippen molar-refractivity contribution in [1.29, 1.82) is 0 Å². The van der Waals surface area contributed by atoms with E-state index in [1.165, 1.54) is 57.8 Å². The van der Waals surface area contributed by atoms with Gasteiger partial charge in [0.15, 0.2) is 0 Å². The summed E-state index contributed by atoms with van der Waals surface area (Å²) in [6.07, 6.45) is 14.4. The van der Waals surface area contributed by atoms with Gasteiger partial charge in [-0.05, 0) is 104 Å². The van der Waals surface area contributed by atoms with E-state index in [4.69, 9.17) is 10.5 Å². The van der Waals surface area contributed by atoms with Crippen LogP contribution in [-0.4, -0.2) is 18.1 Å². The first-order chi connectivity index (χ1) is 15.1. The summed E-state index contributed by atoms with van der Waals surface area (Å²) in [4.78, 5) is 11.6. The van der Waals surface area contributed by atoms with Gasteiger partial charge in [0, 0.05) is 13.0 Å². The van der Waals surface area contributed by atoms with E-state index < -0.39 is 0 Å². The van der Waals surface area contributed by atoms with E-state index in [9.17, 15) is 4.79 Å². The highest BCUT2D eigenvalue weighted by Gasteiger charge is 2.62. The smallest absolute Gasteiger partial charge is 0.302 e. The van der Waals surface area contributed by atoms with Gasteiger partial charge in [-0.3, -0.25) is 4.79 Å². The minimum absolute atomic E-state index is 0.0876. The molecule has 4 rings (SSSR count). The summed E-state index contributed by atoms with van der Waals surface area (Å²) in [5.74, 6) is 5.47. The summed E-state index contributed by atoms with van der Waals surface area (Å²) in [5.41, 5.74) is 7.81. The number of hydrogen-bond acceptors (Lipinski definition) is 3. The van der Waals surface area contributed by atoms with E-state index in [2.05, 4.69) is 34.6 Å². The predicted octanol–water partition coefficient (Wildman–Crippen LogP) is 6.98. The molecule has 0 saturated heterocycles. The summed E-state index contributed by atoms with van der Waals surface area (Å²) in [7, 11) is 0. The molecular weight excluding hydrogens is 394 g/mol. The van der Waals surface area contributed by atoms with Crippen LogP contribution < -0.4 is 5.73 Å². The van der Waals surface area contributed by atoms with Crippen molar-refractivity contribution in [3.63, 3.8) is 0 Å². The highest BCUT2D eigenvalue weighted by atomic mass is 16.5. The van der Waals surface area contributed by atoms with Crippen LogP contribution in [0.2, 0.25) is 0 Å². The van der Waals surface area contributed by atoms with Gasteiger partial charge in [0.05, 0.1) is 0 Å². The van der Waals surface area contributed by atoms with Crippen LogP contribution >= 0.6 is 0 Å². The largest absolute Gasteiger partial charge is 0.463 e. The number of ether oxygens (including phenoxy) is 1. The molecule has 0 aliphatic heterocycles. The Bertz CT molecular complexity index is 676. The highest BCUT2D eigenvalue weighted by Crippen LogP contribution is 2.68. The summed E-state index contributed by atoms with van der Waals surface area (Å²) in [6.45, 7) is 14.1. The van der Waals surface area contributed by atoms with E-state index in [1.54, 1.807) is 6.92 Å². The zero-order chi connectivity index (χ0) is 23.3. The maximum absolute atomic E-state index is 11.6. The van der Waals surface area contributed by atoms with Gasteiger partial charge in [0.1, 0.15) is 6.10 Å². The average molecular weight is 446 g/mol. The molecule has 32 heavy (non-hydrogen) atoms. The predicted molar refractivity (Wildman–Crippen MR) is 132 cm³/mol. The maximum atomic E-state index is 11.6. The number of carbonyl (C=O) groups excluding carboxylic acids is 1. The summed E-state index contributed by atoms with van der Waals surface area (Å²) in [6, 6.07) is 0.268. The molecule has 2 N–H and O–H groups in total. The first-order valence-electron chi connectivity index (χ1n) is 14.0. The normalized spacial score (nSPS) is 46.8. The van der Waals surface area contributed by atoms with E-state index >= 15 is 0 Å². The Morgan fingerprint density at radius 1 is 0.938 bits per heavy atom. The second-order valence-corrected chi connectivity index (χ2v) is 13.4. The molecule has 0 amide bonds. The molecule has 4 fully saturated rings. The van der Waals surface area contributed by atoms with Gasteiger partial charge in [0.25, 0.3) is 0 Å². The van der Waals surface area contributed by atoms with Crippen molar-refractivity contribution in [3.8, 4) is 0 Å². The van der Waals surface area contributed by atoms with Crippen molar-refractivity contribution < 1.29 is 9.53 Å². The zero-order valence-electron chi connectivity index (χ0n) is 21.9. The Morgan fingerprint density at radius 2 is 1.62 bits per heavy atom. The second kappa shape index (κ2) is 9.23. The van der Waals surface area contributed by atoms with Gasteiger partial charge in [-0.25, -0.2) is 0 Å². The molecule has 0 bridgehead atoms. The molecule has 184 valence electrons. The van der Waals surface area contributed by atoms with Gasteiger partial charge < -0.3 is 10.5 Å². The van der Waals surface area contributed by atoms with Crippen LogP contribution in [-0.2, 0) is 9.53 Å². The standard InChI is InChI=1S/C29H51NO2/c1-18(2)8-7-9-19(3)23-10-11-24-22-17-27(30)26-16-21(32-20(4)31)12-14-29(26,6)25(22)13-15-28(23,24)5/h18-19,21-27H,7-17,30H2,1-6H3/t19-,21?,22+,23-,24+,25+,26?,27?,28-,29-/m1/s1. The van der Waals surface area contributed by atoms with Crippen LogP contribution in [0.15, 0.2) is 0 Å². The number of carbonyl (C=O) groups is 1. The zero-order valence-corrected chi connectivity index (χ0v) is 21.9. The molecule has 0 aromatic rings. The van der Waals surface area contributed by atoms with Crippen LogP contribution in [0.3, 0.4) is 0 Å². The minimum atomic E-state index is -0.131. The SMILES string of the molecule is CC(=O)OC1CC[C@@]2(C)C(C1)C(N)C[C@H]1[C@@H]3CC[C@H]([C@H](C)CCCC(C)C)[C@@]3(C)CC[C@@H]12. The topological polar surface area (TPSA) is 52.3 Å². The van der Waals surface area contributed by atoms with Crippen LogP contribution in [0.25, 0.3) is 0 Å². The lowest BCUT2D eigenvalue weighted by Gasteiger charge is -2.62. The maximum Gasteiger partial charge on any atom is 0.302 e. The molecule has 4 aliphatic rings. The van der Waals surface area contributed by atoms with Gasteiger partial charge in [0.2, 0.25) is 0 Å². The number of fused-ring (bicyclic) bond motifs is 5. The lowest BCUT2D eigenvalue weighted by molar-refractivity contribution is -0.163. The fourth-order valence-electron chi connectivity index (χ4n) is 9.73. The van der Waals surface area contributed by atoms with Gasteiger partial charge >= 0.3 is 5.97 Å². The van der Waals surface area contributed by atoms with E-state index in [0.717, 1.165) is 48.3 Å². The molecular formula is C29H51NO2. The van der Waals surface area contributed by atoms with Crippen molar-refractivity contribution >= 4 is 5.97 Å². The fourth-order valence-corrected chi connectivity index (χ4v) is 9.73. The third-order valence-electron chi connectivity index (χ3n) is 11.2. The van der Waals surface area contributed by atoms with Crippen LogP contribution in [0.4, 0.5) is 0 Å². The van der Waals surface area contributed by atoms with Crippen molar-refractivity contribution in [2.24, 2.45) is 58.0 Å². The van der Waals surface area contributed by atoms with Gasteiger partial charge in [-0.15, -0.1) is 0 Å². The Hall–Kier alpha value is -0.570. The lowest BCUT2D eigenvalue weighted by Crippen LogP contribution is -2.60. The number of hydrogen-bond donors (Lipinski definition) is 1. The Labute approximate surface area is 198 Å². The Balaban J connectivity index is 1.47. The number of nitrogens with two attached hydrogens (primary N) is 1. The first kappa shape index (κ1) is 24.6. The van der Waals surface area contributed by atoms with E-state index in [1.807, 2.05) is 0 Å². The molecule has 0 heterocycles. The molecule has 4 aliphatic carbocycles. The lowest BCUT2D eigenvalue weighted by atomic mass is 9.43. The van der Waals surface area contributed by atoms with Crippen LogP contribution in [0, 0.1) is 52.3 Å². The van der Waals surface area contributed by atoms with E-state index in [-0.39, 0.29) is 18.1 Å². The molecule has 0 aromatic heterocycles. The Kier molecular flexibility index (Phi) is 7.08. The molecule has 0 spiro atoms. The highest BCUT2D eigenvalue weighted by molar-refractivity contribution is 5.66.